The highest BCUT2D eigenvalue weighted by Crippen LogP contribution is 2.14. The zero-order valence-electron chi connectivity index (χ0n) is 19.3. The van der Waals surface area contributed by atoms with E-state index >= 15 is 0 Å². The number of unbranched alkanes of at least 4 members (excludes halogenated alkanes) is 19. The van der Waals surface area contributed by atoms with Crippen molar-refractivity contribution in [3.63, 3.8) is 0 Å². The van der Waals surface area contributed by atoms with Gasteiger partial charge in [-0.15, -0.1) is 0 Å². The summed E-state index contributed by atoms with van der Waals surface area (Å²) in [5, 5.41) is 1.98. The largest absolute Gasteiger partial charge is 0.269 e. The molecular weight excluding hydrogens is 328 g/mol. The van der Waals surface area contributed by atoms with Crippen LogP contribution in [0, 0.1) is 0 Å². The highest BCUT2D eigenvalue weighted by atomic mass is 15.4. The third-order valence-electron chi connectivity index (χ3n) is 5.81. The molecule has 0 aromatic rings. The summed E-state index contributed by atoms with van der Waals surface area (Å²) in [5.41, 5.74) is 0. The van der Waals surface area contributed by atoms with Crippen molar-refractivity contribution in [1.29, 1.82) is 0 Å². The zero-order chi connectivity index (χ0) is 19.8. The normalized spacial score (nSPS) is 11.6. The number of hydrazine groups is 1. The van der Waals surface area contributed by atoms with Gasteiger partial charge in [0.05, 0.1) is 0 Å². The second kappa shape index (κ2) is 24.0. The van der Waals surface area contributed by atoms with Crippen LogP contribution in [0.2, 0.25) is 0 Å². The average molecular weight is 383 g/mol. The smallest absolute Gasteiger partial charge is 0.0128 e. The van der Waals surface area contributed by atoms with Gasteiger partial charge in [-0.2, -0.15) is 0 Å². The molecule has 0 aromatic carbocycles. The van der Waals surface area contributed by atoms with E-state index in [1.54, 1.807) is 0 Å². The number of nitrogens with zero attached hydrogens (tertiary/aromatic N) is 1. The molecule has 0 fully saturated rings. The quantitative estimate of drug-likeness (QED) is 0.109. The number of nitrogens with two attached hydrogens (primary N) is 1. The average Bonchev–Trinajstić information content (AvgIpc) is 2.66. The highest BCUT2D eigenvalue weighted by molar-refractivity contribution is 4.52. The van der Waals surface area contributed by atoms with E-state index in [4.69, 9.17) is 5.84 Å². The monoisotopic (exact) mass is 382 g/mol. The first kappa shape index (κ1) is 26.9. The van der Waals surface area contributed by atoms with E-state index in [1.807, 2.05) is 5.01 Å². The van der Waals surface area contributed by atoms with Crippen molar-refractivity contribution in [2.45, 2.75) is 149 Å². The Morgan fingerprint density at radius 3 is 0.963 bits per heavy atom. The van der Waals surface area contributed by atoms with E-state index in [-0.39, 0.29) is 0 Å². The summed E-state index contributed by atoms with van der Waals surface area (Å²) in [5.74, 6) is 5.90. The Balaban J connectivity index is 3.01. The van der Waals surface area contributed by atoms with Crippen molar-refractivity contribution >= 4 is 0 Å². The van der Waals surface area contributed by atoms with Gasteiger partial charge in [-0.25, -0.2) is 5.01 Å². The van der Waals surface area contributed by atoms with Crippen LogP contribution in [-0.4, -0.2) is 18.1 Å². The summed E-state index contributed by atoms with van der Waals surface area (Å²) in [6, 6.07) is 0. The molecule has 0 saturated heterocycles. The third-order valence-corrected chi connectivity index (χ3v) is 5.81. The summed E-state index contributed by atoms with van der Waals surface area (Å²) in [7, 11) is 0. The molecule has 2 N–H and O–H groups in total. The third kappa shape index (κ3) is 23.9. The Bertz CT molecular complexity index is 255. The molecule has 2 heteroatoms. The van der Waals surface area contributed by atoms with Gasteiger partial charge in [-0.1, -0.05) is 136 Å². The lowest BCUT2D eigenvalue weighted by molar-refractivity contribution is 0.276. The molecule has 0 aliphatic rings. The molecule has 0 radical (unpaired) electrons. The van der Waals surface area contributed by atoms with Crippen molar-refractivity contribution in [1.82, 2.24) is 5.01 Å². The summed E-state index contributed by atoms with van der Waals surface area (Å²) in [4.78, 5) is 0. The Morgan fingerprint density at radius 1 is 0.370 bits per heavy atom. The van der Waals surface area contributed by atoms with Gasteiger partial charge in [0.25, 0.3) is 0 Å². The van der Waals surface area contributed by atoms with Gasteiger partial charge < -0.3 is 0 Å². The molecule has 0 saturated carbocycles. The van der Waals surface area contributed by atoms with Crippen molar-refractivity contribution in [2.24, 2.45) is 5.84 Å². The van der Waals surface area contributed by atoms with E-state index in [0.717, 1.165) is 19.5 Å². The predicted molar refractivity (Wildman–Crippen MR) is 124 cm³/mol. The topological polar surface area (TPSA) is 29.3 Å². The lowest BCUT2D eigenvalue weighted by Crippen LogP contribution is -2.32. The van der Waals surface area contributed by atoms with Gasteiger partial charge in [0, 0.05) is 13.1 Å². The Kier molecular flexibility index (Phi) is 23.9. The van der Waals surface area contributed by atoms with Crippen molar-refractivity contribution < 1.29 is 0 Å². The van der Waals surface area contributed by atoms with Crippen LogP contribution in [0.15, 0.2) is 0 Å². The number of rotatable bonds is 23. The molecule has 0 aliphatic carbocycles. The molecule has 164 valence electrons. The van der Waals surface area contributed by atoms with Gasteiger partial charge in [-0.05, 0) is 12.8 Å². The fraction of sp³-hybridized carbons (Fsp3) is 1.00. The summed E-state index contributed by atoms with van der Waals surface area (Å²) >= 11 is 0. The molecule has 2 nitrogen and oxygen atoms in total. The van der Waals surface area contributed by atoms with E-state index in [9.17, 15) is 0 Å². The van der Waals surface area contributed by atoms with Crippen LogP contribution in [0.4, 0.5) is 0 Å². The fourth-order valence-electron chi connectivity index (χ4n) is 3.97. The Labute approximate surface area is 173 Å². The SMILES string of the molecule is CCCCCCCCCCCCCCCCCCCCCCN(N)CCC. The molecule has 0 unspecified atom stereocenters. The second-order valence-electron chi connectivity index (χ2n) is 8.75. The maximum absolute atomic E-state index is 5.90. The standard InChI is InChI=1S/C25H54N2/c1-3-5-6-7-8-9-10-11-12-13-14-15-16-17-18-19-20-21-22-23-25-27(26)24-4-2/h3-26H2,1-2H3. The number of hydrogen-bond acceptors (Lipinski definition) is 2. The van der Waals surface area contributed by atoms with Crippen LogP contribution in [0.25, 0.3) is 0 Å². The van der Waals surface area contributed by atoms with Crippen LogP contribution >= 0.6 is 0 Å². The number of hydrogen-bond donors (Lipinski definition) is 1. The van der Waals surface area contributed by atoms with Crippen LogP contribution < -0.4 is 5.84 Å². The van der Waals surface area contributed by atoms with Crippen LogP contribution in [0.3, 0.4) is 0 Å². The van der Waals surface area contributed by atoms with Gasteiger partial charge in [0.1, 0.15) is 0 Å². The minimum Gasteiger partial charge on any atom is -0.269 e. The molecule has 0 rings (SSSR count). The molecule has 0 bridgehead atoms. The minimum atomic E-state index is 1.04. The minimum absolute atomic E-state index is 1.04. The van der Waals surface area contributed by atoms with Crippen LogP contribution in [0.1, 0.15) is 149 Å². The van der Waals surface area contributed by atoms with E-state index in [0.29, 0.717) is 0 Å². The molecule has 0 atom stereocenters. The maximum atomic E-state index is 5.90. The van der Waals surface area contributed by atoms with Gasteiger partial charge >= 0.3 is 0 Å². The lowest BCUT2D eigenvalue weighted by atomic mass is 10.0. The molecular formula is C25H54N2. The molecule has 0 amide bonds. The first-order chi connectivity index (χ1) is 13.3. The second-order valence-corrected chi connectivity index (χ2v) is 8.75. The molecule has 27 heavy (non-hydrogen) atoms. The van der Waals surface area contributed by atoms with Crippen LogP contribution in [-0.2, 0) is 0 Å². The zero-order valence-corrected chi connectivity index (χ0v) is 19.3. The van der Waals surface area contributed by atoms with E-state index in [2.05, 4.69) is 13.8 Å². The van der Waals surface area contributed by atoms with Gasteiger partial charge in [0.15, 0.2) is 0 Å². The molecule has 0 spiro atoms. The van der Waals surface area contributed by atoms with Gasteiger partial charge in [-0.3, -0.25) is 5.84 Å². The van der Waals surface area contributed by atoms with Crippen molar-refractivity contribution in [3.05, 3.63) is 0 Å². The first-order valence-electron chi connectivity index (χ1n) is 12.8. The fourth-order valence-corrected chi connectivity index (χ4v) is 3.97. The van der Waals surface area contributed by atoms with E-state index in [1.165, 1.54) is 128 Å². The van der Waals surface area contributed by atoms with Crippen molar-refractivity contribution in [3.8, 4) is 0 Å². The Morgan fingerprint density at radius 2 is 0.667 bits per heavy atom. The Hall–Kier alpha value is -0.0800. The lowest BCUT2D eigenvalue weighted by Gasteiger charge is -2.14. The van der Waals surface area contributed by atoms with Gasteiger partial charge in [0.2, 0.25) is 0 Å². The first-order valence-corrected chi connectivity index (χ1v) is 12.8. The predicted octanol–water partition coefficient (Wildman–Crippen LogP) is 8.39. The van der Waals surface area contributed by atoms with Crippen molar-refractivity contribution in [2.75, 3.05) is 13.1 Å². The molecule has 0 heterocycles. The van der Waals surface area contributed by atoms with E-state index < -0.39 is 0 Å². The van der Waals surface area contributed by atoms with Crippen LogP contribution in [0.5, 0.6) is 0 Å². The molecule has 0 aromatic heterocycles. The highest BCUT2D eigenvalue weighted by Gasteiger charge is 1.97. The summed E-state index contributed by atoms with van der Waals surface area (Å²) < 4.78 is 0. The molecule has 0 aliphatic heterocycles. The summed E-state index contributed by atoms with van der Waals surface area (Å²) in [6.07, 6.45) is 30.0. The summed E-state index contributed by atoms with van der Waals surface area (Å²) in [6.45, 7) is 6.61. The maximum Gasteiger partial charge on any atom is 0.0128 e.